The molecule has 0 spiro atoms. The highest BCUT2D eigenvalue weighted by Gasteiger charge is 2.41. The van der Waals surface area contributed by atoms with Crippen LogP contribution in [0.15, 0.2) is 18.3 Å². The smallest absolute Gasteiger partial charge is 0.287 e. The minimum Gasteiger partial charge on any atom is -0.330 e. The number of hydrogen-bond donors (Lipinski definition) is 1. The second kappa shape index (κ2) is 3.58. The Hall–Kier alpha value is -1.49. The summed E-state index contributed by atoms with van der Waals surface area (Å²) in [4.78, 5) is 14.0. The van der Waals surface area contributed by atoms with E-state index in [2.05, 4.69) is 4.98 Å². The molecular formula is C10H13N3O2. The number of nitrogens with zero attached hydrogens (tertiary/aromatic N) is 2. The highest BCUT2D eigenvalue weighted by molar-refractivity contribution is 5.27. The van der Waals surface area contributed by atoms with Gasteiger partial charge in [0, 0.05) is 11.8 Å². The summed E-state index contributed by atoms with van der Waals surface area (Å²) in [6, 6.07) is 3.21. The lowest BCUT2D eigenvalue weighted by molar-refractivity contribution is -0.385. The first-order valence-corrected chi connectivity index (χ1v) is 4.95. The molecular weight excluding hydrogens is 194 g/mol. The maximum absolute atomic E-state index is 10.4. The van der Waals surface area contributed by atoms with E-state index >= 15 is 0 Å². The second-order valence-electron chi connectivity index (χ2n) is 4.15. The van der Waals surface area contributed by atoms with Crippen molar-refractivity contribution in [1.29, 1.82) is 0 Å². The molecule has 0 bridgehead atoms. The van der Waals surface area contributed by atoms with Crippen molar-refractivity contribution in [1.82, 2.24) is 4.98 Å². The van der Waals surface area contributed by atoms with Crippen LogP contribution in [0, 0.1) is 15.5 Å². The molecule has 0 amide bonds. The van der Waals surface area contributed by atoms with Crippen LogP contribution in [-0.4, -0.2) is 16.5 Å². The van der Waals surface area contributed by atoms with E-state index in [-0.39, 0.29) is 11.1 Å². The normalized spacial score (nSPS) is 17.4. The Balaban J connectivity index is 2.07. The minimum absolute atomic E-state index is 0.0383. The average Bonchev–Trinajstić information content (AvgIpc) is 2.99. The summed E-state index contributed by atoms with van der Waals surface area (Å²) in [5.41, 5.74) is 6.81. The third-order valence-electron chi connectivity index (χ3n) is 2.97. The lowest BCUT2D eigenvalue weighted by Gasteiger charge is -2.10. The third kappa shape index (κ3) is 2.12. The molecule has 5 heteroatoms. The number of pyridine rings is 1. The van der Waals surface area contributed by atoms with Crippen LogP contribution in [0.2, 0.25) is 0 Å². The van der Waals surface area contributed by atoms with Crippen LogP contribution in [0.1, 0.15) is 18.5 Å². The van der Waals surface area contributed by atoms with Gasteiger partial charge in [0.15, 0.2) is 0 Å². The summed E-state index contributed by atoms with van der Waals surface area (Å²) >= 11 is 0. The van der Waals surface area contributed by atoms with E-state index in [9.17, 15) is 10.1 Å². The molecule has 15 heavy (non-hydrogen) atoms. The number of nitro groups is 1. The fraction of sp³-hybridized carbons (Fsp3) is 0.500. The van der Waals surface area contributed by atoms with Crippen LogP contribution in [0.25, 0.3) is 0 Å². The van der Waals surface area contributed by atoms with Gasteiger partial charge in [0.05, 0.1) is 4.92 Å². The summed E-state index contributed by atoms with van der Waals surface area (Å²) in [5.74, 6) is 0. The van der Waals surface area contributed by atoms with E-state index < -0.39 is 4.92 Å². The van der Waals surface area contributed by atoms with Crippen molar-refractivity contribution in [3.05, 3.63) is 34.1 Å². The predicted octanol–water partition coefficient (Wildman–Crippen LogP) is 1.27. The molecule has 1 aliphatic rings. The van der Waals surface area contributed by atoms with Gasteiger partial charge in [-0.05, 0) is 37.3 Å². The first-order valence-electron chi connectivity index (χ1n) is 4.95. The molecule has 0 aliphatic heterocycles. The largest absolute Gasteiger partial charge is 0.330 e. The van der Waals surface area contributed by atoms with Gasteiger partial charge in [0.2, 0.25) is 0 Å². The molecule has 1 heterocycles. The molecule has 0 atom stereocenters. The average molecular weight is 207 g/mol. The zero-order chi connectivity index (χ0) is 10.9. The van der Waals surface area contributed by atoms with Gasteiger partial charge >= 0.3 is 0 Å². The zero-order valence-electron chi connectivity index (χ0n) is 8.35. The molecule has 5 nitrogen and oxygen atoms in total. The van der Waals surface area contributed by atoms with Crippen molar-refractivity contribution in [3.8, 4) is 0 Å². The highest BCUT2D eigenvalue weighted by Crippen LogP contribution is 2.46. The zero-order valence-corrected chi connectivity index (χ0v) is 8.35. The monoisotopic (exact) mass is 207 g/mol. The Morgan fingerprint density at radius 1 is 1.53 bits per heavy atom. The molecule has 80 valence electrons. The first kappa shape index (κ1) is 10.0. The fourth-order valence-electron chi connectivity index (χ4n) is 1.64. The maximum Gasteiger partial charge on any atom is 0.287 e. The third-order valence-corrected chi connectivity index (χ3v) is 2.97. The van der Waals surface area contributed by atoms with Crippen LogP contribution in [0.5, 0.6) is 0 Å². The van der Waals surface area contributed by atoms with Crippen molar-refractivity contribution in [2.24, 2.45) is 11.1 Å². The quantitative estimate of drug-likeness (QED) is 0.595. The van der Waals surface area contributed by atoms with Gasteiger partial charge in [-0.2, -0.15) is 0 Å². The molecule has 1 fully saturated rings. The topological polar surface area (TPSA) is 82.0 Å². The van der Waals surface area contributed by atoms with E-state index in [0.717, 1.165) is 25.0 Å². The summed E-state index contributed by atoms with van der Waals surface area (Å²) in [6.07, 6.45) is 4.42. The molecule has 1 aliphatic carbocycles. The number of rotatable bonds is 4. The fourth-order valence-corrected chi connectivity index (χ4v) is 1.64. The molecule has 1 saturated carbocycles. The number of aromatic nitrogens is 1. The van der Waals surface area contributed by atoms with Gasteiger partial charge in [0.1, 0.15) is 6.20 Å². The Morgan fingerprint density at radius 2 is 2.27 bits per heavy atom. The van der Waals surface area contributed by atoms with Crippen LogP contribution in [0.4, 0.5) is 5.69 Å². The lowest BCUT2D eigenvalue weighted by atomic mass is 10.0. The van der Waals surface area contributed by atoms with Crippen molar-refractivity contribution in [2.45, 2.75) is 19.3 Å². The number of nitrogens with two attached hydrogens (primary N) is 1. The van der Waals surface area contributed by atoms with Crippen molar-refractivity contribution in [2.75, 3.05) is 6.54 Å². The Morgan fingerprint density at radius 3 is 2.67 bits per heavy atom. The van der Waals surface area contributed by atoms with Gasteiger partial charge in [-0.3, -0.25) is 15.1 Å². The number of hydrogen-bond acceptors (Lipinski definition) is 4. The van der Waals surface area contributed by atoms with Crippen molar-refractivity contribution < 1.29 is 4.92 Å². The van der Waals surface area contributed by atoms with E-state index in [1.807, 2.05) is 0 Å². The van der Waals surface area contributed by atoms with Gasteiger partial charge < -0.3 is 5.73 Å². The molecule has 1 aromatic heterocycles. The molecule has 0 unspecified atom stereocenters. The van der Waals surface area contributed by atoms with E-state index in [0.29, 0.717) is 6.54 Å². The molecule has 1 aromatic rings. The van der Waals surface area contributed by atoms with Gasteiger partial charge in [0.25, 0.3) is 5.69 Å². The van der Waals surface area contributed by atoms with Crippen LogP contribution < -0.4 is 5.73 Å². The maximum atomic E-state index is 10.4. The van der Waals surface area contributed by atoms with Gasteiger partial charge in [-0.1, -0.05) is 0 Å². The van der Waals surface area contributed by atoms with Gasteiger partial charge in [-0.15, -0.1) is 0 Å². The summed E-state index contributed by atoms with van der Waals surface area (Å²) in [7, 11) is 0. The summed E-state index contributed by atoms with van der Waals surface area (Å²) in [5, 5.41) is 10.4. The van der Waals surface area contributed by atoms with Crippen LogP contribution in [-0.2, 0) is 6.42 Å². The molecule has 0 saturated heterocycles. The van der Waals surface area contributed by atoms with E-state index in [1.165, 1.54) is 12.3 Å². The lowest BCUT2D eigenvalue weighted by Crippen LogP contribution is -2.18. The Labute approximate surface area is 87.5 Å². The Bertz CT molecular complexity index is 371. The van der Waals surface area contributed by atoms with Gasteiger partial charge in [-0.25, -0.2) is 0 Å². The van der Waals surface area contributed by atoms with Crippen LogP contribution >= 0.6 is 0 Å². The standard InChI is InChI=1S/C10H13N3O2/c11-7-10(3-4-10)5-8-1-2-9(6-12-8)13(14)15/h1-2,6H,3-5,7,11H2. The highest BCUT2D eigenvalue weighted by atomic mass is 16.6. The predicted molar refractivity (Wildman–Crippen MR) is 55.3 cm³/mol. The SMILES string of the molecule is NCC1(Cc2ccc([N+](=O)[O-])cn2)CC1. The Kier molecular flexibility index (Phi) is 2.40. The minimum atomic E-state index is -0.438. The van der Waals surface area contributed by atoms with Crippen molar-refractivity contribution >= 4 is 5.69 Å². The van der Waals surface area contributed by atoms with Crippen molar-refractivity contribution in [3.63, 3.8) is 0 Å². The van der Waals surface area contributed by atoms with E-state index in [1.54, 1.807) is 6.07 Å². The second-order valence-corrected chi connectivity index (χ2v) is 4.15. The summed E-state index contributed by atoms with van der Waals surface area (Å²) < 4.78 is 0. The first-order chi connectivity index (χ1) is 7.15. The molecule has 2 rings (SSSR count). The molecule has 2 N–H and O–H groups in total. The molecule has 0 radical (unpaired) electrons. The summed E-state index contributed by atoms with van der Waals surface area (Å²) in [6.45, 7) is 0.672. The molecule has 0 aromatic carbocycles. The van der Waals surface area contributed by atoms with Crippen LogP contribution in [0.3, 0.4) is 0 Å². The van der Waals surface area contributed by atoms with E-state index in [4.69, 9.17) is 5.73 Å².